The summed E-state index contributed by atoms with van der Waals surface area (Å²) in [7, 11) is -2.64. The number of nitrogens with two attached hydrogens (primary N) is 1. The summed E-state index contributed by atoms with van der Waals surface area (Å²) in [4.78, 5) is 9.42. The number of non-ortho nitro benzene ring substituents is 1. The van der Waals surface area contributed by atoms with Crippen molar-refractivity contribution in [2.75, 3.05) is 20.3 Å². The third-order valence-electron chi connectivity index (χ3n) is 1.99. The van der Waals surface area contributed by atoms with Crippen molar-refractivity contribution < 1.29 is 22.8 Å². The first-order valence-corrected chi connectivity index (χ1v) is 6.34. The van der Waals surface area contributed by atoms with Crippen LogP contribution in [0.4, 0.5) is 5.69 Å². The van der Waals surface area contributed by atoms with E-state index in [1.807, 2.05) is 0 Å². The number of nitro groups is 1. The van der Waals surface area contributed by atoms with Crippen LogP contribution in [0.15, 0.2) is 23.1 Å². The smallest absolute Gasteiger partial charge is 0.271 e. The Hall–Kier alpha value is -1.71. The maximum atomic E-state index is 11.3. The molecule has 0 saturated heterocycles. The zero-order valence-electron chi connectivity index (χ0n) is 9.53. The molecule has 0 aliphatic rings. The molecule has 18 heavy (non-hydrogen) atoms. The molecule has 0 fully saturated rings. The standard InChI is InChI=1S/C9H12N2O6S/c1-16-4-5-17-8-3-2-7(11(12)13)6-9(8)18(10,14)15/h2-3,6H,4-5H2,1H3,(H2,10,14,15). The van der Waals surface area contributed by atoms with E-state index in [0.717, 1.165) is 12.1 Å². The van der Waals surface area contributed by atoms with Crippen molar-refractivity contribution in [3.63, 3.8) is 0 Å². The molecule has 100 valence electrons. The molecule has 0 unspecified atom stereocenters. The van der Waals surface area contributed by atoms with Crippen LogP contribution in [0.2, 0.25) is 0 Å². The van der Waals surface area contributed by atoms with Gasteiger partial charge in [0.05, 0.1) is 11.5 Å². The maximum absolute atomic E-state index is 11.3. The van der Waals surface area contributed by atoms with Crippen LogP contribution in [0.1, 0.15) is 0 Å². The van der Waals surface area contributed by atoms with Crippen LogP contribution in [0, 0.1) is 10.1 Å². The summed E-state index contributed by atoms with van der Waals surface area (Å²) in [5.41, 5.74) is -0.377. The number of benzene rings is 1. The minimum Gasteiger partial charge on any atom is -0.490 e. The second-order valence-corrected chi connectivity index (χ2v) is 4.80. The van der Waals surface area contributed by atoms with Crippen molar-refractivity contribution in [2.24, 2.45) is 5.14 Å². The van der Waals surface area contributed by atoms with E-state index >= 15 is 0 Å². The van der Waals surface area contributed by atoms with Crippen molar-refractivity contribution >= 4 is 15.7 Å². The van der Waals surface area contributed by atoms with Gasteiger partial charge in [-0.15, -0.1) is 0 Å². The monoisotopic (exact) mass is 276 g/mol. The highest BCUT2D eigenvalue weighted by molar-refractivity contribution is 7.89. The van der Waals surface area contributed by atoms with Gasteiger partial charge in [-0.1, -0.05) is 0 Å². The Balaban J connectivity index is 3.14. The lowest BCUT2D eigenvalue weighted by Crippen LogP contribution is -2.15. The first kappa shape index (κ1) is 14.4. The minimum absolute atomic E-state index is 0.0415. The number of hydrogen-bond donors (Lipinski definition) is 1. The van der Waals surface area contributed by atoms with Gasteiger partial charge in [0.25, 0.3) is 5.69 Å². The second kappa shape index (κ2) is 5.76. The highest BCUT2D eigenvalue weighted by Crippen LogP contribution is 2.27. The summed E-state index contributed by atoms with van der Waals surface area (Å²) in [6.07, 6.45) is 0. The highest BCUT2D eigenvalue weighted by Gasteiger charge is 2.19. The minimum atomic E-state index is -4.10. The molecule has 0 aliphatic carbocycles. The predicted octanol–water partition coefficient (Wildman–Crippen LogP) is 0.267. The van der Waals surface area contributed by atoms with E-state index in [4.69, 9.17) is 14.6 Å². The molecular weight excluding hydrogens is 264 g/mol. The number of methoxy groups -OCH3 is 1. The normalized spacial score (nSPS) is 11.2. The van der Waals surface area contributed by atoms with Gasteiger partial charge in [-0.25, -0.2) is 13.6 Å². The van der Waals surface area contributed by atoms with Crippen molar-refractivity contribution in [3.8, 4) is 5.75 Å². The Morgan fingerprint density at radius 1 is 1.39 bits per heavy atom. The third-order valence-corrected chi connectivity index (χ3v) is 2.92. The molecule has 0 amide bonds. The van der Waals surface area contributed by atoms with E-state index in [9.17, 15) is 18.5 Å². The SMILES string of the molecule is COCCOc1ccc([N+](=O)[O-])cc1S(N)(=O)=O. The van der Waals surface area contributed by atoms with Gasteiger partial charge in [0.1, 0.15) is 17.3 Å². The van der Waals surface area contributed by atoms with Gasteiger partial charge in [-0.05, 0) is 6.07 Å². The van der Waals surface area contributed by atoms with Crippen LogP contribution in [-0.4, -0.2) is 33.7 Å². The summed E-state index contributed by atoms with van der Waals surface area (Å²) < 4.78 is 32.5. The number of ether oxygens (including phenoxy) is 2. The maximum Gasteiger partial charge on any atom is 0.271 e. The molecular formula is C9H12N2O6S. The topological polar surface area (TPSA) is 122 Å². The highest BCUT2D eigenvalue weighted by atomic mass is 32.2. The number of nitro benzene ring substituents is 1. The molecule has 0 saturated carbocycles. The first-order chi connectivity index (χ1) is 8.36. The van der Waals surface area contributed by atoms with Crippen molar-refractivity contribution in [1.82, 2.24) is 0 Å². The Kier molecular flexibility index (Phi) is 4.59. The van der Waals surface area contributed by atoms with Crippen molar-refractivity contribution in [3.05, 3.63) is 28.3 Å². The van der Waals surface area contributed by atoms with E-state index in [1.54, 1.807) is 0 Å². The van der Waals surface area contributed by atoms with E-state index in [0.29, 0.717) is 0 Å². The fourth-order valence-electron chi connectivity index (χ4n) is 1.19. The van der Waals surface area contributed by atoms with Gasteiger partial charge in [-0.3, -0.25) is 10.1 Å². The molecule has 1 aromatic carbocycles. The van der Waals surface area contributed by atoms with Crippen LogP contribution in [-0.2, 0) is 14.8 Å². The van der Waals surface area contributed by atoms with Crippen molar-refractivity contribution in [1.29, 1.82) is 0 Å². The number of rotatable bonds is 6. The fourth-order valence-corrected chi connectivity index (χ4v) is 1.88. The average Bonchev–Trinajstić information content (AvgIpc) is 2.28. The molecule has 0 radical (unpaired) electrons. The van der Waals surface area contributed by atoms with Crippen molar-refractivity contribution in [2.45, 2.75) is 4.90 Å². The molecule has 1 rings (SSSR count). The predicted molar refractivity (Wildman–Crippen MR) is 61.8 cm³/mol. The molecule has 9 heteroatoms. The Morgan fingerprint density at radius 3 is 2.56 bits per heavy atom. The Bertz CT molecular complexity index is 542. The van der Waals surface area contributed by atoms with Gasteiger partial charge < -0.3 is 9.47 Å². The van der Waals surface area contributed by atoms with E-state index in [2.05, 4.69) is 0 Å². The van der Waals surface area contributed by atoms with E-state index in [-0.39, 0.29) is 24.7 Å². The second-order valence-electron chi connectivity index (χ2n) is 3.27. The van der Waals surface area contributed by atoms with Gasteiger partial charge in [0, 0.05) is 19.2 Å². The third kappa shape index (κ3) is 3.65. The van der Waals surface area contributed by atoms with Crippen LogP contribution in [0.25, 0.3) is 0 Å². The van der Waals surface area contributed by atoms with Gasteiger partial charge in [0.2, 0.25) is 10.0 Å². The van der Waals surface area contributed by atoms with Crippen LogP contribution < -0.4 is 9.88 Å². The fraction of sp³-hybridized carbons (Fsp3) is 0.333. The Morgan fingerprint density at radius 2 is 2.06 bits per heavy atom. The van der Waals surface area contributed by atoms with E-state index < -0.39 is 19.8 Å². The molecule has 0 heterocycles. The van der Waals surface area contributed by atoms with Gasteiger partial charge >= 0.3 is 0 Å². The number of sulfonamides is 1. The largest absolute Gasteiger partial charge is 0.490 e. The molecule has 0 atom stereocenters. The molecule has 0 bridgehead atoms. The number of primary sulfonamides is 1. The quantitative estimate of drug-likeness (QED) is 0.452. The summed E-state index contributed by atoms with van der Waals surface area (Å²) >= 11 is 0. The van der Waals surface area contributed by atoms with Gasteiger partial charge in [0.15, 0.2) is 0 Å². The molecule has 0 aliphatic heterocycles. The zero-order valence-corrected chi connectivity index (χ0v) is 10.3. The van der Waals surface area contributed by atoms with Crippen LogP contribution in [0.5, 0.6) is 5.75 Å². The zero-order chi connectivity index (χ0) is 13.8. The lowest BCUT2D eigenvalue weighted by molar-refractivity contribution is -0.385. The molecule has 0 aromatic heterocycles. The van der Waals surface area contributed by atoms with E-state index in [1.165, 1.54) is 13.2 Å². The van der Waals surface area contributed by atoms with Crippen LogP contribution in [0.3, 0.4) is 0 Å². The van der Waals surface area contributed by atoms with Gasteiger partial charge in [-0.2, -0.15) is 0 Å². The molecule has 1 aromatic rings. The summed E-state index contributed by atoms with van der Waals surface area (Å²) in [6, 6.07) is 3.18. The average molecular weight is 276 g/mol. The summed E-state index contributed by atoms with van der Waals surface area (Å²) in [5.74, 6) is -0.0415. The number of hydrogen-bond acceptors (Lipinski definition) is 6. The first-order valence-electron chi connectivity index (χ1n) is 4.79. The lowest BCUT2D eigenvalue weighted by atomic mass is 10.3. The molecule has 0 spiro atoms. The summed E-state index contributed by atoms with van der Waals surface area (Å²) in [5, 5.41) is 15.5. The molecule has 2 N–H and O–H groups in total. The molecule has 8 nitrogen and oxygen atoms in total. The Labute approximate surface area is 104 Å². The number of nitrogens with zero attached hydrogens (tertiary/aromatic N) is 1. The lowest BCUT2D eigenvalue weighted by Gasteiger charge is -2.09. The summed E-state index contributed by atoms with van der Waals surface area (Å²) in [6.45, 7) is 0.359. The van der Waals surface area contributed by atoms with Crippen LogP contribution >= 0.6 is 0 Å².